The first-order chi connectivity index (χ1) is 9.87. The van der Waals surface area contributed by atoms with Gasteiger partial charge in [0.05, 0.1) is 20.3 Å². The summed E-state index contributed by atoms with van der Waals surface area (Å²) in [7, 11) is -2.65. The zero-order chi connectivity index (χ0) is 15.6. The summed E-state index contributed by atoms with van der Waals surface area (Å²) in [5.41, 5.74) is 0. The van der Waals surface area contributed by atoms with Gasteiger partial charge in [0.25, 0.3) is 0 Å². The van der Waals surface area contributed by atoms with Crippen molar-refractivity contribution in [3.05, 3.63) is 22.7 Å². The Morgan fingerprint density at radius 3 is 2.86 bits per heavy atom. The van der Waals surface area contributed by atoms with Gasteiger partial charge in [-0.25, -0.2) is 8.42 Å². The molecule has 21 heavy (non-hydrogen) atoms. The molecule has 2 rings (SSSR count). The zero-order valence-corrected chi connectivity index (χ0v) is 13.6. The molecule has 1 atom stereocenters. The second-order valence-corrected chi connectivity index (χ2v) is 7.11. The molecule has 1 aromatic rings. The van der Waals surface area contributed by atoms with Crippen molar-refractivity contribution in [3.8, 4) is 5.75 Å². The largest absolute Gasteiger partial charge is 0.495 e. The maximum absolute atomic E-state index is 12.7. The van der Waals surface area contributed by atoms with Crippen molar-refractivity contribution in [3.63, 3.8) is 0 Å². The van der Waals surface area contributed by atoms with Gasteiger partial charge in [-0.1, -0.05) is 15.9 Å². The van der Waals surface area contributed by atoms with Gasteiger partial charge in [0, 0.05) is 11.0 Å². The highest BCUT2D eigenvalue weighted by Crippen LogP contribution is 2.31. The van der Waals surface area contributed by atoms with Gasteiger partial charge in [-0.05, 0) is 18.2 Å². The molecule has 1 N–H and O–H groups in total. The number of rotatable bonds is 4. The molecule has 1 heterocycles. The van der Waals surface area contributed by atoms with Gasteiger partial charge in [0.2, 0.25) is 10.0 Å². The molecule has 7 nitrogen and oxygen atoms in total. The van der Waals surface area contributed by atoms with Crippen LogP contribution in [0.2, 0.25) is 0 Å². The monoisotopic (exact) mass is 379 g/mol. The Balaban J connectivity index is 2.50. The number of hydrogen-bond acceptors (Lipinski definition) is 5. The third-order valence-corrected chi connectivity index (χ3v) is 5.50. The highest BCUT2D eigenvalue weighted by molar-refractivity contribution is 9.10. The number of aliphatic carboxylic acids is 1. The average molecular weight is 380 g/mol. The fourth-order valence-corrected chi connectivity index (χ4v) is 4.30. The number of morpholine rings is 1. The predicted octanol–water partition coefficient (Wildman–Crippen LogP) is 0.932. The summed E-state index contributed by atoms with van der Waals surface area (Å²) in [6, 6.07) is 3.30. The van der Waals surface area contributed by atoms with Gasteiger partial charge in [0.1, 0.15) is 16.7 Å². The minimum Gasteiger partial charge on any atom is -0.495 e. The first kappa shape index (κ1) is 16.2. The number of benzene rings is 1. The topological polar surface area (TPSA) is 93.1 Å². The number of ether oxygens (including phenoxy) is 2. The van der Waals surface area contributed by atoms with E-state index in [1.807, 2.05) is 0 Å². The summed E-state index contributed by atoms with van der Waals surface area (Å²) in [6.07, 6.45) is 0. The Morgan fingerprint density at radius 1 is 1.52 bits per heavy atom. The van der Waals surface area contributed by atoms with Crippen molar-refractivity contribution in [1.29, 1.82) is 0 Å². The van der Waals surface area contributed by atoms with Crippen LogP contribution in [0.25, 0.3) is 0 Å². The zero-order valence-electron chi connectivity index (χ0n) is 11.2. The molecule has 1 saturated heterocycles. The molecule has 1 unspecified atom stereocenters. The SMILES string of the molecule is COc1ccc(Br)cc1S(=O)(=O)N1CCOCC1C(=O)O. The minimum atomic E-state index is -4.00. The Morgan fingerprint density at radius 2 is 2.24 bits per heavy atom. The maximum atomic E-state index is 12.7. The second kappa shape index (κ2) is 6.30. The van der Waals surface area contributed by atoms with Gasteiger partial charge in [0.15, 0.2) is 0 Å². The molecule has 9 heteroatoms. The molecule has 1 fully saturated rings. The maximum Gasteiger partial charge on any atom is 0.324 e. The van der Waals surface area contributed by atoms with E-state index in [0.29, 0.717) is 4.47 Å². The Hall–Kier alpha value is -1.16. The molecule has 0 aliphatic carbocycles. The average Bonchev–Trinajstić information content (AvgIpc) is 2.47. The lowest BCUT2D eigenvalue weighted by Crippen LogP contribution is -2.52. The summed E-state index contributed by atoms with van der Waals surface area (Å²) < 4.78 is 37.1. The number of sulfonamides is 1. The van der Waals surface area contributed by atoms with Crippen LogP contribution < -0.4 is 4.74 Å². The van der Waals surface area contributed by atoms with Gasteiger partial charge < -0.3 is 14.6 Å². The van der Waals surface area contributed by atoms with Gasteiger partial charge in [-0.15, -0.1) is 0 Å². The molecule has 1 aliphatic heterocycles. The van der Waals surface area contributed by atoms with Crippen LogP contribution in [0.15, 0.2) is 27.6 Å². The molecule has 0 aromatic heterocycles. The lowest BCUT2D eigenvalue weighted by Gasteiger charge is -2.32. The molecule has 0 bridgehead atoms. The number of carboxylic acids is 1. The predicted molar refractivity (Wildman–Crippen MR) is 76.8 cm³/mol. The van der Waals surface area contributed by atoms with Crippen LogP contribution in [0.4, 0.5) is 0 Å². The lowest BCUT2D eigenvalue weighted by atomic mass is 10.3. The normalized spacial score (nSPS) is 20.2. The second-order valence-electron chi connectivity index (χ2n) is 4.34. The van der Waals surface area contributed by atoms with Crippen LogP contribution in [0.3, 0.4) is 0 Å². The Kier molecular flexibility index (Phi) is 4.87. The van der Waals surface area contributed by atoms with E-state index in [2.05, 4.69) is 15.9 Å². The van der Waals surface area contributed by atoms with Gasteiger partial charge in [-0.3, -0.25) is 4.79 Å². The van der Waals surface area contributed by atoms with E-state index >= 15 is 0 Å². The number of halogens is 1. The first-order valence-electron chi connectivity index (χ1n) is 6.04. The fourth-order valence-electron chi connectivity index (χ4n) is 2.05. The molecular formula is C12H14BrNO6S. The highest BCUT2D eigenvalue weighted by atomic mass is 79.9. The number of carboxylic acid groups (broad SMARTS) is 1. The van der Waals surface area contributed by atoms with E-state index in [1.165, 1.54) is 19.2 Å². The van der Waals surface area contributed by atoms with E-state index in [9.17, 15) is 18.3 Å². The number of hydrogen-bond donors (Lipinski definition) is 1. The highest BCUT2D eigenvalue weighted by Gasteiger charge is 2.39. The first-order valence-corrected chi connectivity index (χ1v) is 8.27. The number of methoxy groups -OCH3 is 1. The van der Waals surface area contributed by atoms with E-state index in [1.54, 1.807) is 6.07 Å². The summed E-state index contributed by atoms with van der Waals surface area (Å²) in [5.74, 6) is -1.08. The van der Waals surface area contributed by atoms with E-state index in [0.717, 1.165) is 4.31 Å². The van der Waals surface area contributed by atoms with Crippen molar-refractivity contribution in [2.75, 3.05) is 26.9 Å². The van der Waals surface area contributed by atoms with Crippen LogP contribution in [-0.2, 0) is 19.6 Å². The van der Waals surface area contributed by atoms with Crippen LogP contribution in [-0.4, -0.2) is 56.7 Å². The van der Waals surface area contributed by atoms with Crippen molar-refractivity contribution < 1.29 is 27.8 Å². The lowest BCUT2D eigenvalue weighted by molar-refractivity contribution is -0.146. The van der Waals surface area contributed by atoms with E-state index in [-0.39, 0.29) is 30.4 Å². The standard InChI is InChI=1S/C12H14BrNO6S/c1-19-10-3-2-8(13)6-11(10)21(17,18)14-4-5-20-7-9(14)12(15)16/h2-3,6,9H,4-5,7H2,1H3,(H,15,16). The Labute approximate surface area is 130 Å². The smallest absolute Gasteiger partial charge is 0.324 e. The van der Waals surface area contributed by atoms with Crippen molar-refractivity contribution in [2.45, 2.75) is 10.9 Å². The molecular weight excluding hydrogens is 366 g/mol. The number of nitrogens with zero attached hydrogens (tertiary/aromatic N) is 1. The molecule has 0 saturated carbocycles. The summed E-state index contributed by atoms with van der Waals surface area (Å²) in [5, 5.41) is 9.17. The van der Waals surface area contributed by atoms with Gasteiger partial charge >= 0.3 is 5.97 Å². The third-order valence-electron chi connectivity index (χ3n) is 3.08. The summed E-state index contributed by atoms with van der Waals surface area (Å²) >= 11 is 3.21. The van der Waals surface area contributed by atoms with Gasteiger partial charge in [-0.2, -0.15) is 4.31 Å². The molecule has 1 aromatic carbocycles. The third kappa shape index (κ3) is 3.20. The van der Waals surface area contributed by atoms with Crippen molar-refractivity contribution >= 4 is 31.9 Å². The molecule has 0 radical (unpaired) electrons. The summed E-state index contributed by atoms with van der Waals surface area (Å²) in [4.78, 5) is 11.2. The van der Waals surface area contributed by atoms with Crippen molar-refractivity contribution in [2.24, 2.45) is 0 Å². The fraction of sp³-hybridized carbons (Fsp3) is 0.417. The molecule has 116 valence electrons. The quantitative estimate of drug-likeness (QED) is 0.836. The van der Waals surface area contributed by atoms with Crippen LogP contribution in [0.1, 0.15) is 0 Å². The summed E-state index contributed by atoms with van der Waals surface area (Å²) in [6.45, 7) is -0.0425. The van der Waals surface area contributed by atoms with E-state index in [4.69, 9.17) is 9.47 Å². The Bertz CT molecular complexity index is 647. The minimum absolute atomic E-state index is 0.0189. The van der Waals surface area contributed by atoms with Crippen LogP contribution >= 0.6 is 15.9 Å². The van der Waals surface area contributed by atoms with E-state index < -0.39 is 22.0 Å². The van der Waals surface area contributed by atoms with Crippen molar-refractivity contribution in [1.82, 2.24) is 4.31 Å². The molecule has 0 amide bonds. The number of carbonyl (C=O) groups is 1. The van der Waals surface area contributed by atoms with Crippen LogP contribution in [0, 0.1) is 0 Å². The molecule has 1 aliphatic rings. The van der Waals surface area contributed by atoms with Crippen LogP contribution in [0.5, 0.6) is 5.75 Å². The molecule has 0 spiro atoms.